The molecule has 1 amide bonds. The van der Waals surface area contributed by atoms with Crippen LogP contribution < -0.4 is 5.73 Å². The number of aliphatic hydroxyl groups is 4. The SMILES string of the molecule is CC/C=C/[C@@H](OC(N)=O)[C@@H](Cl)[C@H](O)CC(=O)[C@@H](O)[C@H](O)[C@H](C)/C(Cl)=C/C=C/C=C(C)/C=C/C=C/C(=O)O[C@@H]1C[C@H](C(=O)O)CC[C@@H]1O. The van der Waals surface area contributed by atoms with Gasteiger partial charge in [-0.15, -0.1) is 11.6 Å². The van der Waals surface area contributed by atoms with Crippen LogP contribution in [0.1, 0.15) is 52.9 Å². The smallest absolute Gasteiger partial charge is 0.405 e. The molecule has 12 nitrogen and oxygen atoms in total. The quantitative estimate of drug-likeness (QED) is 0.0399. The number of carbonyl (C=O) groups is 4. The first kappa shape index (κ1) is 41.8. The normalized spacial score (nSPS) is 23.5. The summed E-state index contributed by atoms with van der Waals surface area (Å²) in [6.45, 7) is 5.12. The lowest BCUT2D eigenvalue weighted by Gasteiger charge is -2.30. The predicted molar refractivity (Wildman–Crippen MR) is 176 cm³/mol. The second-order valence-corrected chi connectivity index (χ2v) is 12.0. The average molecular weight is 703 g/mol. The third-order valence-electron chi connectivity index (χ3n) is 7.31. The van der Waals surface area contributed by atoms with E-state index in [1.807, 2.05) is 6.92 Å². The van der Waals surface area contributed by atoms with E-state index >= 15 is 0 Å². The van der Waals surface area contributed by atoms with Crippen LogP contribution in [0.5, 0.6) is 0 Å². The third kappa shape index (κ3) is 15.5. The molecule has 0 spiro atoms. The molecule has 47 heavy (non-hydrogen) atoms. The van der Waals surface area contributed by atoms with Crippen LogP contribution in [-0.4, -0.2) is 91.3 Å². The summed E-state index contributed by atoms with van der Waals surface area (Å²) in [5.74, 6) is -4.10. The zero-order valence-corrected chi connectivity index (χ0v) is 28.0. The molecule has 0 heterocycles. The molecule has 0 aromatic heterocycles. The highest BCUT2D eigenvalue weighted by atomic mass is 35.5. The van der Waals surface area contributed by atoms with Crippen molar-refractivity contribution in [2.75, 3.05) is 0 Å². The van der Waals surface area contributed by atoms with Crippen LogP contribution in [0.2, 0.25) is 0 Å². The number of alkyl halides is 1. The molecular weight excluding hydrogens is 657 g/mol. The molecule has 9 atom stereocenters. The van der Waals surface area contributed by atoms with Crippen molar-refractivity contribution in [2.45, 2.75) is 94.9 Å². The summed E-state index contributed by atoms with van der Waals surface area (Å²) in [6.07, 6.45) is 6.95. The van der Waals surface area contributed by atoms with E-state index in [4.69, 9.17) is 43.5 Å². The number of aliphatic hydroxyl groups excluding tert-OH is 4. The number of halogens is 2. The fraction of sp³-hybridized carbons (Fsp3) is 0.515. The molecule has 0 aliphatic heterocycles. The summed E-state index contributed by atoms with van der Waals surface area (Å²) in [6, 6.07) is 0. The fourth-order valence-electron chi connectivity index (χ4n) is 4.46. The van der Waals surface area contributed by atoms with Crippen LogP contribution in [0.15, 0.2) is 71.4 Å². The van der Waals surface area contributed by atoms with Crippen LogP contribution in [-0.2, 0) is 23.9 Å². The van der Waals surface area contributed by atoms with Gasteiger partial charge in [0.05, 0.1) is 24.2 Å². The summed E-state index contributed by atoms with van der Waals surface area (Å²) < 4.78 is 10.1. The highest BCUT2D eigenvalue weighted by Crippen LogP contribution is 2.27. The number of hydrogen-bond acceptors (Lipinski definition) is 10. The number of ether oxygens (including phenoxy) is 2. The topological polar surface area (TPSA) is 214 Å². The lowest BCUT2D eigenvalue weighted by molar-refractivity contribution is -0.159. The zero-order chi connectivity index (χ0) is 35.7. The molecule has 14 heteroatoms. The molecule has 1 saturated carbocycles. The van der Waals surface area contributed by atoms with Crippen molar-refractivity contribution >= 4 is 47.0 Å². The number of Topliss-reactive ketones (excluding diaryl/α,β-unsaturated/α-hetero) is 1. The molecule has 1 aliphatic rings. The number of hydrogen-bond donors (Lipinski definition) is 6. The zero-order valence-electron chi connectivity index (χ0n) is 26.5. The molecule has 0 aromatic carbocycles. The largest absolute Gasteiger partial charge is 0.481 e. The van der Waals surface area contributed by atoms with Gasteiger partial charge in [0.25, 0.3) is 0 Å². The minimum absolute atomic E-state index is 0.0584. The summed E-state index contributed by atoms with van der Waals surface area (Å²) in [5, 5.41) is 49.4. The van der Waals surface area contributed by atoms with E-state index in [2.05, 4.69) is 0 Å². The number of esters is 1. The lowest BCUT2D eigenvalue weighted by atomic mass is 9.85. The van der Waals surface area contributed by atoms with Crippen molar-refractivity contribution in [3.63, 3.8) is 0 Å². The van der Waals surface area contributed by atoms with Crippen molar-refractivity contribution in [1.82, 2.24) is 0 Å². The number of carboxylic acid groups (broad SMARTS) is 1. The van der Waals surface area contributed by atoms with Gasteiger partial charge >= 0.3 is 18.0 Å². The monoisotopic (exact) mass is 701 g/mol. The highest BCUT2D eigenvalue weighted by molar-refractivity contribution is 6.30. The first-order valence-corrected chi connectivity index (χ1v) is 15.9. The summed E-state index contributed by atoms with van der Waals surface area (Å²) >= 11 is 12.5. The number of primary amides is 1. The Bertz CT molecular complexity index is 1240. The minimum Gasteiger partial charge on any atom is -0.481 e. The van der Waals surface area contributed by atoms with Gasteiger partial charge in [-0.1, -0.05) is 73.6 Å². The molecule has 1 rings (SSSR count). The number of carbonyl (C=O) groups excluding carboxylic acids is 3. The third-order valence-corrected chi connectivity index (χ3v) is 8.32. The Balaban J connectivity index is 2.66. The first-order chi connectivity index (χ1) is 22.1. The van der Waals surface area contributed by atoms with Crippen LogP contribution in [0.25, 0.3) is 0 Å². The maximum Gasteiger partial charge on any atom is 0.405 e. The van der Waals surface area contributed by atoms with Crippen molar-refractivity contribution in [2.24, 2.45) is 17.6 Å². The van der Waals surface area contributed by atoms with Gasteiger partial charge in [0.1, 0.15) is 23.7 Å². The maximum atomic E-state index is 12.6. The number of ketones is 1. The molecule has 262 valence electrons. The van der Waals surface area contributed by atoms with Crippen molar-refractivity contribution in [3.8, 4) is 0 Å². The van der Waals surface area contributed by atoms with Gasteiger partial charge in [0.2, 0.25) is 0 Å². The molecule has 7 N–H and O–H groups in total. The van der Waals surface area contributed by atoms with Gasteiger partial charge < -0.3 is 40.7 Å². The van der Waals surface area contributed by atoms with Gasteiger partial charge in [-0.2, -0.15) is 0 Å². The number of nitrogens with two attached hydrogens (primary N) is 1. The first-order valence-electron chi connectivity index (χ1n) is 15.1. The molecule has 1 fully saturated rings. The Morgan fingerprint density at radius 2 is 1.66 bits per heavy atom. The Morgan fingerprint density at radius 3 is 2.28 bits per heavy atom. The van der Waals surface area contributed by atoms with Crippen LogP contribution in [0, 0.1) is 11.8 Å². The maximum absolute atomic E-state index is 12.6. The van der Waals surface area contributed by atoms with Crippen molar-refractivity contribution in [1.29, 1.82) is 0 Å². The highest BCUT2D eigenvalue weighted by Gasteiger charge is 2.36. The van der Waals surface area contributed by atoms with Crippen molar-refractivity contribution < 1.29 is 54.2 Å². The van der Waals surface area contributed by atoms with E-state index in [9.17, 15) is 39.6 Å². The number of allylic oxidation sites excluding steroid dienone is 9. The van der Waals surface area contributed by atoms with Crippen LogP contribution >= 0.6 is 23.2 Å². The van der Waals surface area contributed by atoms with Crippen molar-refractivity contribution in [3.05, 3.63) is 71.4 Å². The predicted octanol–water partition coefficient (Wildman–Crippen LogP) is 3.60. The van der Waals surface area contributed by atoms with E-state index in [1.54, 1.807) is 43.4 Å². The van der Waals surface area contributed by atoms with Gasteiger partial charge in [0, 0.05) is 29.9 Å². The van der Waals surface area contributed by atoms with E-state index in [0.717, 1.165) is 5.57 Å². The standard InChI is InChI=1S/C33H45Cl2NO11/c1-4-5-13-26(47-33(36)45)29(35)24(38)18-25(39)31(42)30(41)20(3)22(34)12-8-6-10-19(2)11-7-9-14-28(40)46-27-17-21(32(43)44)15-16-23(27)37/h5-14,20-21,23-24,26-27,29-31,37-38,41-42H,4,15-18H2,1-3H3,(H2,36,45)(H,43,44)/b8-6+,11-7+,13-5+,14-9+,19-10+,22-12-/t20-,21-,23+,24-,26-,27-,29+,30-,31-/m1/s1. The Morgan fingerprint density at radius 1 is 1.02 bits per heavy atom. The molecule has 0 saturated heterocycles. The number of carboxylic acids is 1. The van der Waals surface area contributed by atoms with Gasteiger partial charge in [-0.25, -0.2) is 9.59 Å². The Kier molecular flexibility index (Phi) is 19.2. The van der Waals surface area contributed by atoms with E-state index in [0.29, 0.717) is 12.8 Å². The van der Waals surface area contributed by atoms with Gasteiger partial charge in [-0.3, -0.25) is 9.59 Å². The van der Waals surface area contributed by atoms with E-state index in [1.165, 1.54) is 31.2 Å². The Labute approximate surface area is 284 Å². The molecule has 1 aliphatic carbocycles. The van der Waals surface area contributed by atoms with Crippen LogP contribution in [0.4, 0.5) is 4.79 Å². The molecule has 0 radical (unpaired) electrons. The summed E-state index contributed by atoms with van der Waals surface area (Å²) in [4.78, 5) is 47.0. The lowest BCUT2D eigenvalue weighted by Crippen LogP contribution is -2.43. The second kappa shape index (κ2) is 21.6. The Hall–Kier alpha value is -3.26. The molecular formula is C33H45Cl2NO11. The summed E-state index contributed by atoms with van der Waals surface area (Å²) in [5.41, 5.74) is 5.83. The van der Waals surface area contributed by atoms with E-state index < -0.39 is 84.1 Å². The second-order valence-electron chi connectivity index (χ2n) is 11.1. The number of amides is 1. The fourth-order valence-corrected chi connectivity index (χ4v) is 4.88. The molecule has 0 bridgehead atoms. The van der Waals surface area contributed by atoms with Crippen LogP contribution in [0.3, 0.4) is 0 Å². The minimum atomic E-state index is -1.89. The van der Waals surface area contributed by atoms with E-state index in [-0.39, 0.29) is 17.9 Å². The molecule has 0 unspecified atom stereocenters. The number of aliphatic carboxylic acids is 1. The van der Waals surface area contributed by atoms with Gasteiger partial charge in [0.15, 0.2) is 5.78 Å². The number of rotatable bonds is 18. The summed E-state index contributed by atoms with van der Waals surface area (Å²) in [7, 11) is 0. The van der Waals surface area contributed by atoms with Gasteiger partial charge in [-0.05, 0) is 38.3 Å². The average Bonchev–Trinajstić information content (AvgIpc) is 3.02. The molecule has 0 aromatic rings.